The average Bonchev–Trinajstić information content (AvgIpc) is 2.26. The fourth-order valence-corrected chi connectivity index (χ4v) is 1.11. The molecule has 4 nitrogen and oxygen atoms in total. The van der Waals surface area contributed by atoms with E-state index in [0.717, 1.165) is 0 Å². The highest BCUT2D eigenvalue weighted by molar-refractivity contribution is 5.66. The Kier molecular flexibility index (Phi) is 3.69. The van der Waals surface area contributed by atoms with Crippen molar-refractivity contribution >= 4 is 5.97 Å². The van der Waals surface area contributed by atoms with Crippen LogP contribution in [0.3, 0.4) is 0 Å². The Morgan fingerprint density at radius 2 is 2.00 bits per heavy atom. The fraction of sp³-hybridized carbons (Fsp3) is 0.273. The van der Waals surface area contributed by atoms with Crippen LogP contribution < -0.4 is 4.74 Å². The van der Waals surface area contributed by atoms with Crippen molar-refractivity contribution in [2.75, 3.05) is 7.11 Å². The number of nitrogens with zero attached hydrogens (tertiary/aromatic N) is 1. The van der Waals surface area contributed by atoms with Gasteiger partial charge in [0.05, 0.1) is 7.11 Å². The molecule has 0 N–H and O–H groups in total. The van der Waals surface area contributed by atoms with Gasteiger partial charge >= 0.3 is 5.97 Å². The summed E-state index contributed by atoms with van der Waals surface area (Å²) in [7, 11) is 1.56. The van der Waals surface area contributed by atoms with Gasteiger partial charge in [0.25, 0.3) is 0 Å². The van der Waals surface area contributed by atoms with Crippen molar-refractivity contribution in [3.8, 4) is 11.8 Å². The Balaban J connectivity index is 2.84. The van der Waals surface area contributed by atoms with Gasteiger partial charge in [0.15, 0.2) is 0 Å². The first-order chi connectivity index (χ1) is 7.17. The molecule has 0 heterocycles. The summed E-state index contributed by atoms with van der Waals surface area (Å²) in [5, 5.41) is 8.80. The summed E-state index contributed by atoms with van der Waals surface area (Å²) >= 11 is 0. The van der Waals surface area contributed by atoms with Crippen LogP contribution in [0.5, 0.6) is 5.75 Å². The lowest BCUT2D eigenvalue weighted by Crippen LogP contribution is -2.06. The Hall–Kier alpha value is -2.02. The third-order valence-electron chi connectivity index (χ3n) is 1.82. The van der Waals surface area contributed by atoms with Crippen LogP contribution in [0.2, 0.25) is 0 Å². The Morgan fingerprint density at radius 3 is 2.40 bits per heavy atom. The third kappa shape index (κ3) is 2.99. The van der Waals surface area contributed by atoms with Crippen LogP contribution in [-0.2, 0) is 9.53 Å². The second-order valence-corrected chi connectivity index (χ2v) is 2.89. The Morgan fingerprint density at radius 1 is 1.40 bits per heavy atom. The molecule has 0 aliphatic rings. The van der Waals surface area contributed by atoms with E-state index in [1.54, 1.807) is 31.4 Å². The average molecular weight is 205 g/mol. The van der Waals surface area contributed by atoms with Crippen molar-refractivity contribution in [2.24, 2.45) is 0 Å². The number of methoxy groups -OCH3 is 1. The number of esters is 1. The van der Waals surface area contributed by atoms with E-state index < -0.39 is 12.1 Å². The first-order valence-electron chi connectivity index (χ1n) is 4.38. The molecule has 78 valence electrons. The van der Waals surface area contributed by atoms with E-state index in [0.29, 0.717) is 11.3 Å². The molecule has 0 fully saturated rings. The molecular formula is C11H11NO3. The topological polar surface area (TPSA) is 59.3 Å². The molecule has 0 radical (unpaired) electrons. The van der Waals surface area contributed by atoms with E-state index in [1.807, 2.05) is 6.07 Å². The molecule has 0 spiro atoms. The molecule has 1 unspecified atom stereocenters. The number of ether oxygens (including phenoxy) is 2. The Labute approximate surface area is 88.0 Å². The number of carbonyl (C=O) groups excluding carboxylic acids is 1. The zero-order valence-corrected chi connectivity index (χ0v) is 8.56. The lowest BCUT2D eigenvalue weighted by Gasteiger charge is -2.09. The zero-order chi connectivity index (χ0) is 11.3. The van der Waals surface area contributed by atoms with Gasteiger partial charge in [-0.05, 0) is 12.1 Å². The highest BCUT2D eigenvalue weighted by Crippen LogP contribution is 2.19. The van der Waals surface area contributed by atoms with Gasteiger partial charge in [0.1, 0.15) is 11.8 Å². The molecule has 0 aliphatic heterocycles. The van der Waals surface area contributed by atoms with Crippen molar-refractivity contribution in [3.05, 3.63) is 29.8 Å². The fourth-order valence-electron chi connectivity index (χ4n) is 1.11. The van der Waals surface area contributed by atoms with Crippen LogP contribution >= 0.6 is 0 Å². The van der Waals surface area contributed by atoms with Crippen LogP contribution in [0.4, 0.5) is 0 Å². The smallest absolute Gasteiger partial charge is 0.304 e. The number of carbonyl (C=O) groups is 1. The molecular weight excluding hydrogens is 194 g/mol. The van der Waals surface area contributed by atoms with Crippen molar-refractivity contribution in [1.29, 1.82) is 5.26 Å². The number of hydrogen-bond donors (Lipinski definition) is 0. The van der Waals surface area contributed by atoms with E-state index >= 15 is 0 Å². The number of rotatable bonds is 3. The number of hydrogen-bond acceptors (Lipinski definition) is 4. The van der Waals surface area contributed by atoms with Crippen molar-refractivity contribution in [3.63, 3.8) is 0 Å². The maximum atomic E-state index is 10.7. The lowest BCUT2D eigenvalue weighted by molar-refractivity contribution is -0.144. The molecule has 0 aromatic heterocycles. The molecule has 1 aromatic rings. The quantitative estimate of drug-likeness (QED) is 0.706. The zero-order valence-electron chi connectivity index (χ0n) is 8.56. The third-order valence-corrected chi connectivity index (χ3v) is 1.82. The van der Waals surface area contributed by atoms with E-state index in [9.17, 15) is 4.79 Å². The number of nitriles is 1. The van der Waals surface area contributed by atoms with Gasteiger partial charge in [0.2, 0.25) is 6.10 Å². The minimum atomic E-state index is -0.853. The van der Waals surface area contributed by atoms with E-state index in [2.05, 4.69) is 0 Å². The molecule has 4 heteroatoms. The Bertz CT molecular complexity index is 378. The molecule has 1 rings (SSSR count). The molecule has 1 atom stereocenters. The summed E-state index contributed by atoms with van der Waals surface area (Å²) < 4.78 is 9.79. The van der Waals surface area contributed by atoms with Crippen LogP contribution in [-0.4, -0.2) is 13.1 Å². The van der Waals surface area contributed by atoms with Crippen LogP contribution in [0.15, 0.2) is 24.3 Å². The van der Waals surface area contributed by atoms with Gasteiger partial charge < -0.3 is 9.47 Å². The van der Waals surface area contributed by atoms with E-state index in [4.69, 9.17) is 14.7 Å². The summed E-state index contributed by atoms with van der Waals surface area (Å²) in [4.78, 5) is 10.7. The minimum absolute atomic E-state index is 0.475. The van der Waals surface area contributed by atoms with Crippen molar-refractivity contribution in [1.82, 2.24) is 0 Å². The molecule has 1 aromatic carbocycles. The van der Waals surface area contributed by atoms with Crippen molar-refractivity contribution in [2.45, 2.75) is 13.0 Å². The van der Waals surface area contributed by atoms with Crippen molar-refractivity contribution < 1.29 is 14.3 Å². The molecule has 0 aliphatic carbocycles. The predicted octanol–water partition coefficient (Wildman–Crippen LogP) is 1.82. The lowest BCUT2D eigenvalue weighted by atomic mass is 10.1. The SMILES string of the molecule is COc1ccc(C(C#N)OC(C)=O)cc1. The number of benzene rings is 1. The van der Waals surface area contributed by atoms with Gasteiger partial charge in [-0.25, -0.2) is 0 Å². The summed E-state index contributed by atoms with van der Waals surface area (Å²) in [5.74, 6) is 0.218. The molecule has 0 bridgehead atoms. The van der Waals surface area contributed by atoms with Gasteiger partial charge in [-0.15, -0.1) is 0 Å². The molecule has 0 saturated heterocycles. The first kappa shape index (κ1) is 11.1. The highest BCUT2D eigenvalue weighted by Gasteiger charge is 2.13. The van der Waals surface area contributed by atoms with Gasteiger partial charge in [-0.2, -0.15) is 5.26 Å². The standard InChI is InChI=1S/C11H11NO3/c1-8(13)15-11(7-12)9-3-5-10(14-2)6-4-9/h3-6,11H,1-2H3. The second kappa shape index (κ2) is 5.01. The normalized spacial score (nSPS) is 11.3. The molecule has 15 heavy (non-hydrogen) atoms. The largest absolute Gasteiger partial charge is 0.497 e. The summed E-state index contributed by atoms with van der Waals surface area (Å²) in [6.07, 6.45) is -0.853. The predicted molar refractivity (Wildman–Crippen MR) is 53.1 cm³/mol. The molecule has 0 amide bonds. The van der Waals surface area contributed by atoms with Gasteiger partial charge in [0, 0.05) is 12.5 Å². The van der Waals surface area contributed by atoms with Gasteiger partial charge in [-0.1, -0.05) is 12.1 Å². The summed E-state index contributed by atoms with van der Waals surface area (Å²) in [5.41, 5.74) is 0.633. The van der Waals surface area contributed by atoms with E-state index in [-0.39, 0.29) is 0 Å². The maximum absolute atomic E-state index is 10.7. The van der Waals surface area contributed by atoms with Crippen LogP contribution in [0.25, 0.3) is 0 Å². The van der Waals surface area contributed by atoms with E-state index in [1.165, 1.54) is 6.92 Å². The maximum Gasteiger partial charge on any atom is 0.304 e. The monoisotopic (exact) mass is 205 g/mol. The second-order valence-electron chi connectivity index (χ2n) is 2.89. The van der Waals surface area contributed by atoms with Crippen LogP contribution in [0, 0.1) is 11.3 Å². The molecule has 0 saturated carbocycles. The highest BCUT2D eigenvalue weighted by atomic mass is 16.5. The van der Waals surface area contributed by atoms with Gasteiger partial charge in [-0.3, -0.25) is 4.79 Å². The minimum Gasteiger partial charge on any atom is -0.497 e. The summed E-state index contributed by atoms with van der Waals surface area (Å²) in [6.45, 7) is 1.27. The van der Waals surface area contributed by atoms with Crippen LogP contribution in [0.1, 0.15) is 18.6 Å². The summed E-state index contributed by atoms with van der Waals surface area (Å²) in [6, 6.07) is 8.71. The first-order valence-corrected chi connectivity index (χ1v) is 4.38.